The van der Waals surface area contributed by atoms with Gasteiger partial charge in [0.2, 0.25) is 0 Å². The molecule has 4 rings (SSSR count). The van der Waals surface area contributed by atoms with Gasteiger partial charge in [0.15, 0.2) is 0 Å². The summed E-state index contributed by atoms with van der Waals surface area (Å²) < 4.78 is 0. The molecule has 0 radical (unpaired) electrons. The van der Waals surface area contributed by atoms with Gasteiger partial charge in [-0.25, -0.2) is 0 Å². The predicted octanol–water partition coefficient (Wildman–Crippen LogP) is 13.8. The molecule has 2 fully saturated rings. The zero-order chi connectivity index (χ0) is 31.1. The van der Waals surface area contributed by atoms with Crippen LogP contribution in [-0.2, 0) is 25.3 Å². The van der Waals surface area contributed by atoms with Crippen molar-refractivity contribution in [2.75, 3.05) is 0 Å². The molecule has 0 aromatic heterocycles. The average Bonchev–Trinajstić information content (AvgIpc) is 3.01. The molecule has 2 unspecified atom stereocenters. The van der Waals surface area contributed by atoms with Crippen LogP contribution in [0.15, 0.2) is 59.7 Å². The third kappa shape index (κ3) is 8.53. The summed E-state index contributed by atoms with van der Waals surface area (Å²) in [7, 11) is -0.307. The van der Waals surface area contributed by atoms with Crippen molar-refractivity contribution in [3.05, 3.63) is 82.0 Å². The van der Waals surface area contributed by atoms with Crippen molar-refractivity contribution < 1.29 is 20.4 Å². The summed E-state index contributed by atoms with van der Waals surface area (Å²) in [6, 6.07) is 5.08. The van der Waals surface area contributed by atoms with Gasteiger partial charge in [0.25, 0.3) is 0 Å². The Morgan fingerprint density at radius 3 is 1.66 bits per heavy atom. The number of benzene rings is 1. The van der Waals surface area contributed by atoms with Crippen LogP contribution in [0.5, 0.6) is 0 Å². The average molecular weight is 728 g/mol. The number of hydrogen-bond acceptors (Lipinski definition) is 0. The monoisotopic (exact) mass is 726 g/mol. The molecule has 3 aliphatic carbocycles. The van der Waals surface area contributed by atoms with Crippen LogP contribution in [0.3, 0.4) is 0 Å². The van der Waals surface area contributed by atoms with Crippen molar-refractivity contribution in [2.45, 2.75) is 172 Å². The fourth-order valence-corrected chi connectivity index (χ4v) is 13.7. The largest absolute Gasteiger partial charge is 2.00 e. The summed E-state index contributed by atoms with van der Waals surface area (Å²) in [5.74, 6) is 1.37. The van der Waals surface area contributed by atoms with Crippen LogP contribution in [0.25, 0.3) is 0 Å². The molecule has 0 aliphatic heterocycles. The summed E-state index contributed by atoms with van der Waals surface area (Å²) in [4.78, 5) is -0.508. The molecule has 1 aromatic rings. The van der Waals surface area contributed by atoms with E-state index in [-0.39, 0.29) is 28.3 Å². The summed E-state index contributed by atoms with van der Waals surface area (Å²) in [5.41, 5.74) is 11.2. The van der Waals surface area contributed by atoms with E-state index in [4.69, 9.17) is 11.6 Å². The van der Waals surface area contributed by atoms with Gasteiger partial charge in [-0.15, -0.1) is 11.6 Å². The SMILES string of the molecule is CC=CCC1=C(CC=CC)C(P(C2CCCCC2)C2CCCCC2)C(Cl)(c2c(C(C)C)cc(C(C)C)cc2C(C)C)C=C1.[Pd+2]. The van der Waals surface area contributed by atoms with Gasteiger partial charge in [0, 0.05) is 5.66 Å². The minimum absolute atomic E-state index is 0. The fourth-order valence-electron chi connectivity index (χ4n) is 8.27. The third-order valence-electron chi connectivity index (χ3n) is 10.6. The van der Waals surface area contributed by atoms with Crippen molar-refractivity contribution in [1.29, 1.82) is 0 Å². The van der Waals surface area contributed by atoms with Gasteiger partial charge in [-0.3, -0.25) is 0 Å². The second kappa shape index (κ2) is 17.6. The Kier molecular flexibility index (Phi) is 15.2. The Bertz CT molecular complexity index is 1130. The molecule has 44 heavy (non-hydrogen) atoms. The van der Waals surface area contributed by atoms with Crippen LogP contribution in [0.1, 0.15) is 172 Å². The van der Waals surface area contributed by atoms with Crippen LogP contribution in [0.4, 0.5) is 0 Å². The third-order valence-corrected chi connectivity index (χ3v) is 15.3. The molecule has 0 spiro atoms. The van der Waals surface area contributed by atoms with Gasteiger partial charge < -0.3 is 0 Å². The van der Waals surface area contributed by atoms with Gasteiger partial charge in [0.1, 0.15) is 0 Å². The molecule has 246 valence electrons. The first-order valence-corrected chi connectivity index (χ1v) is 19.8. The second-order valence-corrected chi connectivity index (χ2v) is 18.2. The summed E-state index contributed by atoms with van der Waals surface area (Å²) in [6.45, 7) is 18.6. The van der Waals surface area contributed by atoms with E-state index in [1.165, 1.54) is 92.0 Å². The molecule has 2 saturated carbocycles. The van der Waals surface area contributed by atoms with Crippen molar-refractivity contribution >= 4 is 19.5 Å². The molecule has 0 amide bonds. The van der Waals surface area contributed by atoms with E-state index < -0.39 is 4.87 Å². The smallest absolute Gasteiger partial charge is 0.108 e. The standard InChI is InChI=1S/C41H62ClP.Pd/c1-9-11-19-32-25-26-41(42,39-37(30(5)6)27-33(29(3)4)28-38(39)31(7)8)40(36(32)24-12-10-2)43(34-20-15-13-16-21-34)35-22-17-14-18-23-35;/h9-12,25-31,34-35,40H,13-24H2,1-8H3;/q;+2. The van der Waals surface area contributed by atoms with Gasteiger partial charge in [0.05, 0.1) is 4.87 Å². The van der Waals surface area contributed by atoms with E-state index in [0.29, 0.717) is 23.4 Å². The predicted molar refractivity (Wildman–Crippen MR) is 196 cm³/mol. The van der Waals surface area contributed by atoms with E-state index in [9.17, 15) is 0 Å². The minimum Gasteiger partial charge on any atom is -0.108 e. The first kappa shape index (κ1) is 38.0. The normalized spacial score (nSPS) is 24.2. The molecule has 1 aromatic carbocycles. The topological polar surface area (TPSA) is 0 Å². The summed E-state index contributed by atoms with van der Waals surface area (Å²) in [5, 5.41) is 0. The van der Waals surface area contributed by atoms with E-state index in [0.717, 1.165) is 24.2 Å². The molecule has 0 saturated heterocycles. The van der Waals surface area contributed by atoms with Crippen molar-refractivity contribution in [3.8, 4) is 0 Å². The maximum atomic E-state index is 8.56. The van der Waals surface area contributed by atoms with E-state index in [2.05, 4.69) is 104 Å². The molecule has 0 N–H and O–H groups in total. The Hall–Kier alpha value is -0.438. The Labute approximate surface area is 292 Å². The van der Waals surface area contributed by atoms with E-state index >= 15 is 0 Å². The molecule has 0 nitrogen and oxygen atoms in total. The van der Waals surface area contributed by atoms with Gasteiger partial charge in [-0.2, -0.15) is 0 Å². The van der Waals surface area contributed by atoms with E-state index in [1.807, 2.05) is 0 Å². The molecular weight excluding hydrogens is 665 g/mol. The van der Waals surface area contributed by atoms with Crippen LogP contribution < -0.4 is 0 Å². The van der Waals surface area contributed by atoms with Crippen LogP contribution >= 0.6 is 19.5 Å². The number of rotatable bonds is 11. The first-order chi connectivity index (χ1) is 20.6. The van der Waals surface area contributed by atoms with Crippen molar-refractivity contribution in [2.24, 2.45) is 0 Å². The Balaban J connectivity index is 0.00000529. The molecule has 3 aliphatic rings. The number of halogens is 1. The van der Waals surface area contributed by atoms with E-state index in [1.54, 1.807) is 5.57 Å². The number of alkyl halides is 1. The van der Waals surface area contributed by atoms with Gasteiger partial charge in [-0.05, 0) is 109 Å². The van der Waals surface area contributed by atoms with Crippen LogP contribution in [0, 0.1) is 0 Å². The zero-order valence-corrected chi connectivity index (χ0v) is 32.4. The number of allylic oxidation sites excluding steroid dienone is 8. The fraction of sp³-hybridized carbons (Fsp3) is 0.659. The van der Waals surface area contributed by atoms with Gasteiger partial charge >= 0.3 is 20.4 Å². The zero-order valence-electron chi connectivity index (χ0n) is 29.2. The molecule has 0 bridgehead atoms. The summed E-state index contributed by atoms with van der Waals surface area (Å²) >= 11 is 8.56. The number of hydrogen-bond donors (Lipinski definition) is 0. The summed E-state index contributed by atoms with van der Waals surface area (Å²) in [6.07, 6.45) is 30.4. The van der Waals surface area contributed by atoms with Crippen molar-refractivity contribution in [3.63, 3.8) is 0 Å². The Morgan fingerprint density at radius 1 is 0.750 bits per heavy atom. The molecule has 0 heterocycles. The molecule has 3 heteroatoms. The first-order valence-electron chi connectivity index (χ1n) is 17.9. The maximum Gasteiger partial charge on any atom is 2.00 e. The maximum absolute atomic E-state index is 8.56. The second-order valence-electron chi connectivity index (χ2n) is 14.7. The van der Waals surface area contributed by atoms with Crippen LogP contribution in [-0.4, -0.2) is 17.0 Å². The van der Waals surface area contributed by atoms with Crippen LogP contribution in [0.2, 0.25) is 0 Å². The van der Waals surface area contributed by atoms with Crippen molar-refractivity contribution in [1.82, 2.24) is 0 Å². The quantitative estimate of drug-likeness (QED) is 0.0921. The Morgan fingerprint density at radius 2 is 1.23 bits per heavy atom. The molecule has 2 atom stereocenters. The van der Waals surface area contributed by atoms with Gasteiger partial charge in [-0.1, -0.05) is 142 Å². The minimum atomic E-state index is -0.508. The molecular formula is C41H62ClPPd+2.